The van der Waals surface area contributed by atoms with E-state index in [1.54, 1.807) is 35.4 Å². The molecule has 1 aromatic carbocycles. The number of aryl methyl sites for hydroxylation is 1. The molecule has 1 N–H and O–H groups in total. The van der Waals surface area contributed by atoms with Gasteiger partial charge in [-0.25, -0.2) is 14.1 Å². The summed E-state index contributed by atoms with van der Waals surface area (Å²) in [6.45, 7) is 2.22. The SMILES string of the molecule is CN1Cc2c(cnn2-c2ccccc2F)C(NC(=O)c2ncn3c2CCCC3)C1. The normalized spacial score (nSPS) is 18.9. The molecule has 2 aromatic heterocycles. The molecule has 2 aliphatic heterocycles. The first-order chi connectivity index (χ1) is 14.1. The van der Waals surface area contributed by atoms with Crippen molar-refractivity contribution in [2.75, 3.05) is 13.6 Å². The van der Waals surface area contributed by atoms with Crippen LogP contribution >= 0.6 is 0 Å². The molecule has 1 unspecified atom stereocenters. The summed E-state index contributed by atoms with van der Waals surface area (Å²) in [4.78, 5) is 19.5. The van der Waals surface area contributed by atoms with Gasteiger partial charge in [-0.1, -0.05) is 12.1 Å². The lowest BCUT2D eigenvalue weighted by molar-refractivity contribution is 0.0915. The molecule has 2 aliphatic rings. The predicted octanol–water partition coefficient (Wildman–Crippen LogP) is 2.46. The minimum absolute atomic E-state index is 0.162. The van der Waals surface area contributed by atoms with Crippen molar-refractivity contribution in [2.24, 2.45) is 0 Å². The van der Waals surface area contributed by atoms with Gasteiger partial charge in [-0.05, 0) is 38.4 Å². The number of halogens is 1. The highest BCUT2D eigenvalue weighted by atomic mass is 19.1. The number of fused-ring (bicyclic) bond motifs is 2. The van der Waals surface area contributed by atoms with Gasteiger partial charge in [0.1, 0.15) is 17.2 Å². The standard InChI is InChI=1S/C21H23FN6O/c1-26-11-16(25-21(29)20-18-8-4-5-9-27(18)13-23-20)14-10-24-28(19(14)12-26)17-7-3-2-6-15(17)22/h2-3,6-7,10,13,16H,4-5,8-9,11-12H2,1H3,(H,25,29). The zero-order valence-electron chi connectivity index (χ0n) is 16.3. The summed E-state index contributed by atoms with van der Waals surface area (Å²) in [6.07, 6.45) is 6.58. The Morgan fingerprint density at radius 1 is 1.24 bits per heavy atom. The van der Waals surface area contributed by atoms with E-state index in [0.717, 1.165) is 42.8 Å². The number of carbonyl (C=O) groups is 1. The van der Waals surface area contributed by atoms with E-state index in [4.69, 9.17) is 0 Å². The molecule has 0 saturated heterocycles. The third kappa shape index (κ3) is 3.13. The van der Waals surface area contributed by atoms with Crippen molar-refractivity contribution < 1.29 is 9.18 Å². The van der Waals surface area contributed by atoms with Gasteiger partial charge in [-0.15, -0.1) is 0 Å². The van der Waals surface area contributed by atoms with E-state index in [1.165, 1.54) is 6.07 Å². The van der Waals surface area contributed by atoms with Crippen molar-refractivity contribution in [1.82, 2.24) is 29.5 Å². The first-order valence-electron chi connectivity index (χ1n) is 9.97. The number of nitrogens with zero attached hydrogens (tertiary/aromatic N) is 5. The maximum absolute atomic E-state index is 14.3. The van der Waals surface area contributed by atoms with Crippen LogP contribution in [0.5, 0.6) is 0 Å². The van der Waals surface area contributed by atoms with Crippen LogP contribution in [0.15, 0.2) is 36.8 Å². The number of para-hydroxylation sites is 1. The second-order valence-electron chi connectivity index (χ2n) is 7.82. The second kappa shape index (κ2) is 7.11. The molecule has 1 atom stereocenters. The van der Waals surface area contributed by atoms with Crippen LogP contribution < -0.4 is 5.32 Å². The number of nitrogens with one attached hydrogen (secondary N) is 1. The Labute approximate surface area is 168 Å². The van der Waals surface area contributed by atoms with E-state index in [9.17, 15) is 9.18 Å². The predicted molar refractivity (Wildman–Crippen MR) is 105 cm³/mol. The summed E-state index contributed by atoms with van der Waals surface area (Å²) in [5.41, 5.74) is 3.76. The Bertz CT molecular complexity index is 1070. The van der Waals surface area contributed by atoms with Gasteiger partial charge in [0.25, 0.3) is 5.91 Å². The first kappa shape index (κ1) is 18.1. The lowest BCUT2D eigenvalue weighted by atomic mass is 10.0. The second-order valence-corrected chi connectivity index (χ2v) is 7.82. The Morgan fingerprint density at radius 2 is 2.10 bits per heavy atom. The molecular weight excluding hydrogens is 371 g/mol. The van der Waals surface area contributed by atoms with Crippen LogP contribution in [0, 0.1) is 5.82 Å². The fraction of sp³-hybridized carbons (Fsp3) is 0.381. The number of benzene rings is 1. The van der Waals surface area contributed by atoms with Crippen molar-refractivity contribution in [3.05, 3.63) is 65.3 Å². The number of amides is 1. The van der Waals surface area contributed by atoms with Gasteiger partial charge in [0.15, 0.2) is 0 Å². The molecule has 0 saturated carbocycles. The molecule has 150 valence electrons. The van der Waals surface area contributed by atoms with E-state index in [0.29, 0.717) is 24.5 Å². The molecule has 0 fully saturated rings. The average Bonchev–Trinajstić information content (AvgIpc) is 3.33. The summed E-state index contributed by atoms with van der Waals surface area (Å²) in [5.74, 6) is -0.484. The zero-order valence-corrected chi connectivity index (χ0v) is 16.3. The third-order valence-corrected chi connectivity index (χ3v) is 5.80. The first-order valence-corrected chi connectivity index (χ1v) is 9.97. The van der Waals surface area contributed by atoms with E-state index in [1.807, 2.05) is 7.05 Å². The van der Waals surface area contributed by atoms with Gasteiger partial charge in [-0.3, -0.25) is 9.69 Å². The molecule has 0 bridgehead atoms. The van der Waals surface area contributed by atoms with E-state index in [2.05, 4.69) is 24.9 Å². The van der Waals surface area contributed by atoms with Crippen LogP contribution in [-0.4, -0.2) is 43.7 Å². The van der Waals surface area contributed by atoms with Crippen LogP contribution in [0.25, 0.3) is 5.69 Å². The highest BCUT2D eigenvalue weighted by Crippen LogP contribution is 2.29. The summed E-state index contributed by atoms with van der Waals surface area (Å²) < 4.78 is 18.0. The Morgan fingerprint density at radius 3 is 2.97 bits per heavy atom. The van der Waals surface area contributed by atoms with E-state index in [-0.39, 0.29) is 17.8 Å². The number of hydrogen-bond acceptors (Lipinski definition) is 4. The maximum atomic E-state index is 14.3. The smallest absolute Gasteiger partial charge is 0.272 e. The van der Waals surface area contributed by atoms with Gasteiger partial charge in [-0.2, -0.15) is 5.10 Å². The summed E-state index contributed by atoms with van der Waals surface area (Å²) in [5, 5.41) is 7.57. The highest BCUT2D eigenvalue weighted by molar-refractivity contribution is 5.93. The molecule has 8 heteroatoms. The molecule has 1 amide bonds. The molecule has 0 spiro atoms. The quantitative estimate of drug-likeness (QED) is 0.741. The Balaban J connectivity index is 1.45. The van der Waals surface area contributed by atoms with Crippen LogP contribution in [0.3, 0.4) is 0 Å². The number of aromatic nitrogens is 4. The van der Waals surface area contributed by atoms with Crippen molar-refractivity contribution in [3.8, 4) is 5.69 Å². The van der Waals surface area contributed by atoms with Crippen molar-refractivity contribution >= 4 is 5.91 Å². The van der Waals surface area contributed by atoms with Gasteiger partial charge >= 0.3 is 0 Å². The van der Waals surface area contributed by atoms with Crippen LogP contribution in [0.1, 0.15) is 46.3 Å². The van der Waals surface area contributed by atoms with Gasteiger partial charge < -0.3 is 9.88 Å². The molecule has 5 rings (SSSR count). The molecule has 3 aromatic rings. The topological polar surface area (TPSA) is 68.0 Å². The molecule has 7 nitrogen and oxygen atoms in total. The van der Waals surface area contributed by atoms with Crippen LogP contribution in [0.4, 0.5) is 4.39 Å². The number of likely N-dealkylation sites (N-methyl/N-ethyl adjacent to an activating group) is 1. The lowest BCUT2D eigenvalue weighted by Crippen LogP contribution is -2.40. The van der Waals surface area contributed by atoms with Gasteiger partial charge in [0, 0.05) is 25.2 Å². The van der Waals surface area contributed by atoms with Crippen molar-refractivity contribution in [1.29, 1.82) is 0 Å². The molecule has 29 heavy (non-hydrogen) atoms. The van der Waals surface area contributed by atoms with Crippen molar-refractivity contribution in [3.63, 3.8) is 0 Å². The molecule has 0 radical (unpaired) electrons. The number of rotatable bonds is 3. The Hall–Kier alpha value is -3.00. The third-order valence-electron chi connectivity index (χ3n) is 5.80. The van der Waals surface area contributed by atoms with E-state index >= 15 is 0 Å². The number of hydrogen-bond donors (Lipinski definition) is 1. The highest BCUT2D eigenvalue weighted by Gasteiger charge is 2.31. The van der Waals surface area contributed by atoms with Gasteiger partial charge in [0.2, 0.25) is 0 Å². The molecular formula is C21H23FN6O. The maximum Gasteiger partial charge on any atom is 0.272 e. The largest absolute Gasteiger partial charge is 0.342 e. The summed E-state index contributed by atoms with van der Waals surface area (Å²) >= 11 is 0. The van der Waals surface area contributed by atoms with Crippen LogP contribution in [-0.2, 0) is 19.5 Å². The van der Waals surface area contributed by atoms with Gasteiger partial charge in [0.05, 0.1) is 30.0 Å². The number of carbonyl (C=O) groups excluding carboxylic acids is 1. The fourth-order valence-corrected chi connectivity index (χ4v) is 4.37. The molecule has 0 aliphatic carbocycles. The Kier molecular flexibility index (Phi) is 4.43. The number of imidazole rings is 1. The summed E-state index contributed by atoms with van der Waals surface area (Å²) in [6, 6.07) is 6.37. The average molecular weight is 394 g/mol. The fourth-order valence-electron chi connectivity index (χ4n) is 4.37. The van der Waals surface area contributed by atoms with Crippen LogP contribution in [0.2, 0.25) is 0 Å². The van der Waals surface area contributed by atoms with E-state index < -0.39 is 0 Å². The minimum Gasteiger partial charge on any atom is -0.342 e. The van der Waals surface area contributed by atoms with Crippen molar-refractivity contribution in [2.45, 2.75) is 38.4 Å². The lowest BCUT2D eigenvalue weighted by Gasteiger charge is -2.31. The zero-order chi connectivity index (χ0) is 20.0. The monoisotopic (exact) mass is 394 g/mol. The summed E-state index contributed by atoms with van der Waals surface area (Å²) in [7, 11) is 1.99. The minimum atomic E-state index is -0.322. The molecule has 4 heterocycles.